The van der Waals surface area contributed by atoms with Gasteiger partial charge in [0.2, 0.25) is 0 Å². The maximum absolute atomic E-state index is 13.9. The van der Waals surface area contributed by atoms with E-state index in [1.807, 2.05) is 51.1 Å². The smallest absolute Gasteiger partial charge is 0.282 e. The number of benzene rings is 4. The van der Waals surface area contributed by atoms with Gasteiger partial charge in [-0.2, -0.15) is 9.78 Å². The Labute approximate surface area is 283 Å². The maximum Gasteiger partial charge on any atom is 0.282 e. The molecule has 10 heteroatoms. The summed E-state index contributed by atoms with van der Waals surface area (Å²) in [5, 5.41) is 6.45. The SMILES string of the molecule is CCOc1cc(C)c(-c2nc3ccccc3c(=O)n2N=Cc2cc(Cl)c(OCc3ccc(Cl)cc3Cl)c(OCC)c2)cc1C(C)C. The van der Waals surface area contributed by atoms with Crippen LogP contribution in [0.4, 0.5) is 0 Å². The molecule has 238 valence electrons. The zero-order valence-corrected chi connectivity index (χ0v) is 28.5. The summed E-state index contributed by atoms with van der Waals surface area (Å²) in [4.78, 5) is 18.8. The first-order valence-electron chi connectivity index (χ1n) is 15.0. The molecule has 0 radical (unpaired) electrons. The molecule has 0 N–H and O–H groups in total. The van der Waals surface area contributed by atoms with Crippen molar-refractivity contribution in [3.63, 3.8) is 0 Å². The molecule has 4 aromatic carbocycles. The Morgan fingerprint density at radius 2 is 1.63 bits per heavy atom. The summed E-state index contributed by atoms with van der Waals surface area (Å²) in [7, 11) is 0. The molecule has 0 aliphatic heterocycles. The highest BCUT2D eigenvalue weighted by atomic mass is 35.5. The van der Waals surface area contributed by atoms with E-state index in [1.54, 1.807) is 42.6 Å². The molecule has 1 heterocycles. The number of ether oxygens (including phenoxy) is 3. The Bertz CT molecular complexity index is 1990. The number of halogens is 3. The topological polar surface area (TPSA) is 74.9 Å². The number of para-hydroxylation sites is 1. The van der Waals surface area contributed by atoms with Gasteiger partial charge in [-0.25, -0.2) is 4.98 Å². The minimum Gasteiger partial charge on any atom is -0.494 e. The monoisotopic (exact) mass is 677 g/mol. The second kappa shape index (κ2) is 14.6. The summed E-state index contributed by atoms with van der Waals surface area (Å²) in [6.45, 7) is 11.1. The summed E-state index contributed by atoms with van der Waals surface area (Å²) >= 11 is 19.1. The lowest BCUT2D eigenvalue weighted by Gasteiger charge is -2.18. The molecule has 0 saturated carbocycles. The minimum absolute atomic E-state index is 0.157. The minimum atomic E-state index is -0.299. The molecule has 0 aliphatic carbocycles. The average molecular weight is 679 g/mol. The van der Waals surface area contributed by atoms with Crippen LogP contribution in [0.2, 0.25) is 15.1 Å². The normalized spacial score (nSPS) is 11.5. The van der Waals surface area contributed by atoms with Gasteiger partial charge in [-0.3, -0.25) is 4.79 Å². The molecule has 0 atom stereocenters. The van der Waals surface area contributed by atoms with Crippen molar-refractivity contribution in [2.75, 3.05) is 13.2 Å². The highest BCUT2D eigenvalue weighted by Crippen LogP contribution is 2.38. The molecule has 0 bridgehead atoms. The number of aryl methyl sites for hydroxylation is 1. The van der Waals surface area contributed by atoms with Crippen LogP contribution in [0.25, 0.3) is 22.3 Å². The van der Waals surface area contributed by atoms with Gasteiger partial charge < -0.3 is 14.2 Å². The van der Waals surface area contributed by atoms with E-state index < -0.39 is 0 Å². The number of nitrogens with zero attached hydrogens (tertiary/aromatic N) is 3. The van der Waals surface area contributed by atoms with Gasteiger partial charge in [-0.1, -0.05) is 66.8 Å². The zero-order valence-electron chi connectivity index (χ0n) is 26.2. The number of rotatable bonds is 11. The molecule has 0 aliphatic rings. The van der Waals surface area contributed by atoms with Crippen molar-refractivity contribution in [2.24, 2.45) is 5.10 Å². The maximum atomic E-state index is 13.9. The van der Waals surface area contributed by atoms with Crippen LogP contribution in [-0.4, -0.2) is 29.1 Å². The fourth-order valence-corrected chi connectivity index (χ4v) is 5.79. The van der Waals surface area contributed by atoms with E-state index in [2.05, 4.69) is 18.9 Å². The van der Waals surface area contributed by atoms with Crippen LogP contribution in [0.15, 0.2) is 76.6 Å². The lowest BCUT2D eigenvalue weighted by atomic mass is 9.96. The van der Waals surface area contributed by atoms with Crippen molar-refractivity contribution in [3.8, 4) is 28.6 Å². The molecule has 1 aromatic heterocycles. The van der Waals surface area contributed by atoms with Gasteiger partial charge in [-0.15, -0.1) is 0 Å². The van der Waals surface area contributed by atoms with E-state index in [4.69, 9.17) is 54.0 Å². The predicted molar refractivity (Wildman–Crippen MR) is 188 cm³/mol. The Morgan fingerprint density at radius 3 is 2.35 bits per heavy atom. The highest BCUT2D eigenvalue weighted by Gasteiger charge is 2.19. The molecule has 0 fully saturated rings. The summed E-state index contributed by atoms with van der Waals surface area (Å²) in [6.07, 6.45) is 1.56. The van der Waals surface area contributed by atoms with Crippen LogP contribution in [0.3, 0.4) is 0 Å². The van der Waals surface area contributed by atoms with Gasteiger partial charge in [0.05, 0.1) is 35.4 Å². The van der Waals surface area contributed by atoms with Crippen LogP contribution in [0, 0.1) is 6.92 Å². The van der Waals surface area contributed by atoms with E-state index in [9.17, 15) is 4.79 Å². The second-order valence-corrected chi connectivity index (χ2v) is 12.1. The van der Waals surface area contributed by atoms with Gasteiger partial charge >= 0.3 is 0 Å². The summed E-state index contributed by atoms with van der Waals surface area (Å²) in [5.41, 5.74) is 4.33. The lowest BCUT2D eigenvalue weighted by Crippen LogP contribution is -2.21. The van der Waals surface area contributed by atoms with Gasteiger partial charge in [0, 0.05) is 21.2 Å². The van der Waals surface area contributed by atoms with E-state index in [1.165, 1.54) is 4.68 Å². The molecule has 46 heavy (non-hydrogen) atoms. The highest BCUT2D eigenvalue weighted by molar-refractivity contribution is 6.35. The van der Waals surface area contributed by atoms with Crippen LogP contribution >= 0.6 is 34.8 Å². The first kappa shape index (κ1) is 33.3. The Morgan fingerprint density at radius 1 is 0.891 bits per heavy atom. The van der Waals surface area contributed by atoms with E-state index >= 15 is 0 Å². The summed E-state index contributed by atoms with van der Waals surface area (Å²) in [6, 6.07) is 19.9. The van der Waals surface area contributed by atoms with Crippen LogP contribution < -0.4 is 19.8 Å². The molecular formula is C36H34Cl3N3O4. The van der Waals surface area contributed by atoms with Gasteiger partial charge in [0.25, 0.3) is 5.56 Å². The van der Waals surface area contributed by atoms with Crippen molar-refractivity contribution in [1.29, 1.82) is 0 Å². The molecule has 0 saturated heterocycles. The molecule has 5 aromatic rings. The van der Waals surface area contributed by atoms with Gasteiger partial charge in [-0.05, 0) is 91.9 Å². The van der Waals surface area contributed by atoms with Gasteiger partial charge in [0.15, 0.2) is 17.3 Å². The van der Waals surface area contributed by atoms with Crippen molar-refractivity contribution < 1.29 is 14.2 Å². The molecular weight excluding hydrogens is 645 g/mol. The Hall–Kier alpha value is -4.04. The Kier molecular flexibility index (Phi) is 10.6. The van der Waals surface area contributed by atoms with Crippen molar-refractivity contribution in [2.45, 2.75) is 47.1 Å². The lowest BCUT2D eigenvalue weighted by molar-refractivity contribution is 0.269. The van der Waals surface area contributed by atoms with Crippen LogP contribution in [0.5, 0.6) is 17.2 Å². The van der Waals surface area contributed by atoms with Crippen LogP contribution in [0.1, 0.15) is 55.9 Å². The number of hydrogen-bond acceptors (Lipinski definition) is 6. The first-order valence-corrected chi connectivity index (χ1v) is 16.1. The number of aromatic nitrogens is 2. The first-order chi connectivity index (χ1) is 22.1. The van der Waals surface area contributed by atoms with E-state index in [-0.39, 0.29) is 18.1 Å². The third-order valence-corrected chi connectivity index (χ3v) is 8.18. The zero-order chi connectivity index (χ0) is 33.0. The Balaban J connectivity index is 1.59. The molecule has 7 nitrogen and oxygen atoms in total. The average Bonchev–Trinajstić information content (AvgIpc) is 3.01. The quantitative estimate of drug-likeness (QED) is 0.130. The van der Waals surface area contributed by atoms with E-state index in [0.717, 1.165) is 28.0 Å². The summed E-state index contributed by atoms with van der Waals surface area (Å²) < 4.78 is 19.2. The predicted octanol–water partition coefficient (Wildman–Crippen LogP) is 9.71. The molecule has 0 amide bonds. The van der Waals surface area contributed by atoms with Crippen LogP contribution in [-0.2, 0) is 6.61 Å². The van der Waals surface area contributed by atoms with Crippen molar-refractivity contribution in [1.82, 2.24) is 9.66 Å². The molecule has 0 unspecified atom stereocenters. The van der Waals surface area contributed by atoms with E-state index in [0.29, 0.717) is 62.1 Å². The van der Waals surface area contributed by atoms with Crippen molar-refractivity contribution >= 4 is 51.9 Å². The standard InChI is InChI=1S/C36H34Cl3N3O4/c1-6-44-32-14-22(5)28(18-27(32)21(3)4)35-41-31-11-9-8-10-26(31)36(43)42(35)40-19-23-15-30(39)34(33(16-23)45-7-2)46-20-24-12-13-25(37)17-29(24)38/h8-19,21H,6-7,20H2,1-5H3. The third-order valence-electron chi connectivity index (χ3n) is 7.31. The molecule has 0 spiro atoms. The van der Waals surface area contributed by atoms with Gasteiger partial charge in [0.1, 0.15) is 12.4 Å². The number of hydrogen-bond donors (Lipinski definition) is 0. The third kappa shape index (κ3) is 7.17. The second-order valence-electron chi connectivity index (χ2n) is 10.9. The fraction of sp³-hybridized carbons (Fsp3) is 0.250. The number of fused-ring (bicyclic) bond motifs is 1. The van der Waals surface area contributed by atoms with Crippen molar-refractivity contribution in [3.05, 3.63) is 114 Å². The largest absolute Gasteiger partial charge is 0.494 e. The fourth-order valence-electron chi connectivity index (χ4n) is 5.05. The molecule has 5 rings (SSSR count). The summed E-state index contributed by atoms with van der Waals surface area (Å²) in [5.74, 6) is 2.20.